The highest BCUT2D eigenvalue weighted by Gasteiger charge is 2.36. The predicted molar refractivity (Wildman–Crippen MR) is 76.5 cm³/mol. The van der Waals surface area contributed by atoms with E-state index in [1.54, 1.807) is 12.1 Å². The van der Waals surface area contributed by atoms with Gasteiger partial charge in [-0.2, -0.15) is 4.31 Å². The molecule has 1 atom stereocenters. The van der Waals surface area contributed by atoms with Crippen molar-refractivity contribution in [2.45, 2.75) is 23.3 Å². The molecule has 0 unspecified atom stereocenters. The fourth-order valence-electron chi connectivity index (χ4n) is 2.63. The van der Waals surface area contributed by atoms with Gasteiger partial charge in [-0.05, 0) is 25.0 Å². The zero-order chi connectivity index (χ0) is 14.2. The van der Waals surface area contributed by atoms with E-state index in [4.69, 9.17) is 21.1 Å². The highest BCUT2D eigenvalue weighted by molar-refractivity contribution is 7.91. The van der Waals surface area contributed by atoms with E-state index in [1.165, 1.54) is 4.31 Å². The molecule has 2 fully saturated rings. The van der Waals surface area contributed by atoms with Crippen molar-refractivity contribution in [3.63, 3.8) is 0 Å². The van der Waals surface area contributed by atoms with Gasteiger partial charge in [-0.3, -0.25) is 0 Å². The molecule has 5 nitrogen and oxygen atoms in total. The zero-order valence-electron chi connectivity index (χ0n) is 10.8. The van der Waals surface area contributed by atoms with Gasteiger partial charge in [0.25, 0.3) is 10.0 Å². The minimum Gasteiger partial charge on any atom is -0.350 e. The van der Waals surface area contributed by atoms with Crippen LogP contribution in [0, 0.1) is 5.92 Å². The van der Waals surface area contributed by atoms with E-state index in [9.17, 15) is 8.42 Å². The van der Waals surface area contributed by atoms with Gasteiger partial charge < -0.3 is 9.47 Å². The van der Waals surface area contributed by atoms with Crippen LogP contribution in [0.4, 0.5) is 0 Å². The number of rotatable bonds is 3. The lowest BCUT2D eigenvalue weighted by molar-refractivity contribution is -0.0940. The van der Waals surface area contributed by atoms with E-state index in [0.29, 0.717) is 34.8 Å². The molecule has 0 amide bonds. The minimum atomic E-state index is -3.45. The molecule has 1 aromatic rings. The minimum absolute atomic E-state index is 0.108. The van der Waals surface area contributed by atoms with Crippen LogP contribution in [0.25, 0.3) is 0 Å². The number of piperidine rings is 1. The summed E-state index contributed by atoms with van der Waals surface area (Å²) in [5.74, 6) is 0.108. The molecule has 2 aliphatic heterocycles. The molecule has 2 saturated heterocycles. The van der Waals surface area contributed by atoms with Crippen LogP contribution in [0.5, 0.6) is 0 Å². The summed E-state index contributed by atoms with van der Waals surface area (Å²) in [5.41, 5.74) is 0. The van der Waals surface area contributed by atoms with Crippen LogP contribution in [-0.2, 0) is 19.5 Å². The van der Waals surface area contributed by atoms with E-state index >= 15 is 0 Å². The maximum Gasteiger partial charge on any atom is 0.252 e. The molecule has 112 valence electrons. The lowest BCUT2D eigenvalue weighted by atomic mass is 9.99. The van der Waals surface area contributed by atoms with Gasteiger partial charge in [-0.15, -0.1) is 11.3 Å². The molecule has 0 N–H and O–H groups in total. The van der Waals surface area contributed by atoms with Crippen molar-refractivity contribution >= 4 is 33.0 Å². The van der Waals surface area contributed by atoms with E-state index in [0.717, 1.165) is 24.2 Å². The molecule has 20 heavy (non-hydrogen) atoms. The van der Waals surface area contributed by atoms with Crippen LogP contribution in [-0.4, -0.2) is 45.3 Å². The first-order valence-corrected chi connectivity index (χ1v) is 9.19. The van der Waals surface area contributed by atoms with Crippen LogP contribution in [0.3, 0.4) is 0 Å². The molecule has 8 heteroatoms. The molecule has 3 heterocycles. The molecular formula is C12H16ClNO4S2. The Kier molecular flexibility index (Phi) is 4.35. The Hall–Kier alpha value is -0.180. The molecule has 0 aromatic carbocycles. The standard InChI is InChI=1S/C12H16ClNO4S2/c13-10-3-4-11(19-10)20(15,16)14-5-1-2-9(8-14)12-17-6-7-18-12/h3-4,9,12H,1-2,5-8H2/t9-/m0/s1. The van der Waals surface area contributed by atoms with E-state index < -0.39 is 10.0 Å². The number of hydrogen-bond acceptors (Lipinski definition) is 5. The summed E-state index contributed by atoms with van der Waals surface area (Å²) < 4.78 is 38.4. The Bertz CT molecular complexity index is 568. The zero-order valence-corrected chi connectivity index (χ0v) is 13.2. The third-order valence-electron chi connectivity index (χ3n) is 3.60. The smallest absolute Gasteiger partial charge is 0.252 e. The predicted octanol–water partition coefficient (Wildman–Crippen LogP) is 2.18. The topological polar surface area (TPSA) is 55.8 Å². The fraction of sp³-hybridized carbons (Fsp3) is 0.667. The monoisotopic (exact) mass is 337 g/mol. The fourth-order valence-corrected chi connectivity index (χ4v) is 5.80. The quantitative estimate of drug-likeness (QED) is 0.848. The number of thiophene rings is 1. The van der Waals surface area contributed by atoms with E-state index in [2.05, 4.69) is 0 Å². The molecule has 0 saturated carbocycles. The highest BCUT2D eigenvalue weighted by Crippen LogP contribution is 2.32. The Morgan fingerprint density at radius 2 is 2.05 bits per heavy atom. The number of halogens is 1. The van der Waals surface area contributed by atoms with Gasteiger partial charge in [0, 0.05) is 19.0 Å². The SMILES string of the molecule is O=S(=O)(c1ccc(Cl)s1)N1CCC[C@H](C2OCCO2)C1. The molecular weight excluding hydrogens is 322 g/mol. The largest absolute Gasteiger partial charge is 0.350 e. The van der Waals surface area contributed by atoms with Gasteiger partial charge in [0.2, 0.25) is 0 Å². The summed E-state index contributed by atoms with van der Waals surface area (Å²) in [6.07, 6.45) is 1.49. The van der Waals surface area contributed by atoms with E-state index in [1.807, 2.05) is 0 Å². The summed E-state index contributed by atoms with van der Waals surface area (Å²) in [7, 11) is -3.45. The molecule has 2 aliphatic rings. The van der Waals surface area contributed by atoms with Crippen LogP contribution in [0.2, 0.25) is 4.34 Å². The van der Waals surface area contributed by atoms with Gasteiger partial charge in [0.15, 0.2) is 6.29 Å². The van der Waals surface area contributed by atoms with Crippen molar-refractivity contribution in [2.75, 3.05) is 26.3 Å². The maximum atomic E-state index is 12.6. The van der Waals surface area contributed by atoms with Crippen molar-refractivity contribution in [3.8, 4) is 0 Å². The number of nitrogens with zero attached hydrogens (tertiary/aromatic N) is 1. The van der Waals surface area contributed by atoms with Gasteiger partial charge in [0.05, 0.1) is 17.6 Å². The summed E-state index contributed by atoms with van der Waals surface area (Å²) in [4.78, 5) is 0. The van der Waals surface area contributed by atoms with Gasteiger partial charge in [-0.25, -0.2) is 8.42 Å². The molecule has 0 aliphatic carbocycles. The number of hydrogen-bond donors (Lipinski definition) is 0. The molecule has 1 aromatic heterocycles. The summed E-state index contributed by atoms with van der Waals surface area (Å²) in [6, 6.07) is 3.18. The summed E-state index contributed by atoms with van der Waals surface area (Å²) in [6.45, 7) is 2.17. The normalized spacial score (nSPS) is 26.1. The second kappa shape index (κ2) is 5.90. The van der Waals surface area contributed by atoms with Crippen molar-refractivity contribution in [3.05, 3.63) is 16.5 Å². The average molecular weight is 338 g/mol. The van der Waals surface area contributed by atoms with Gasteiger partial charge in [-0.1, -0.05) is 11.6 Å². The first-order chi connectivity index (χ1) is 9.57. The van der Waals surface area contributed by atoms with E-state index in [-0.39, 0.29) is 12.2 Å². The lowest BCUT2D eigenvalue weighted by Gasteiger charge is -2.33. The highest BCUT2D eigenvalue weighted by atomic mass is 35.5. The Balaban J connectivity index is 1.75. The second-order valence-corrected chi connectivity index (χ2v) is 8.81. The lowest BCUT2D eigenvalue weighted by Crippen LogP contribution is -2.43. The summed E-state index contributed by atoms with van der Waals surface area (Å²) >= 11 is 6.93. The third kappa shape index (κ3) is 2.88. The van der Waals surface area contributed by atoms with Crippen molar-refractivity contribution in [2.24, 2.45) is 5.92 Å². The number of sulfonamides is 1. The first kappa shape index (κ1) is 14.7. The summed E-state index contributed by atoms with van der Waals surface area (Å²) in [5, 5.41) is 0. The van der Waals surface area contributed by atoms with Crippen LogP contribution in [0.15, 0.2) is 16.3 Å². The van der Waals surface area contributed by atoms with Crippen molar-refractivity contribution in [1.82, 2.24) is 4.31 Å². The average Bonchev–Trinajstić information content (AvgIpc) is 3.10. The third-order valence-corrected chi connectivity index (χ3v) is 7.16. The van der Waals surface area contributed by atoms with Crippen LogP contribution < -0.4 is 0 Å². The first-order valence-electron chi connectivity index (χ1n) is 6.56. The molecule has 0 bridgehead atoms. The molecule has 0 radical (unpaired) electrons. The Morgan fingerprint density at radius 3 is 2.70 bits per heavy atom. The second-order valence-electron chi connectivity index (χ2n) is 4.93. The van der Waals surface area contributed by atoms with Gasteiger partial charge >= 0.3 is 0 Å². The molecule has 3 rings (SSSR count). The number of ether oxygens (including phenoxy) is 2. The Morgan fingerprint density at radius 1 is 1.30 bits per heavy atom. The van der Waals surface area contributed by atoms with Crippen molar-refractivity contribution < 1.29 is 17.9 Å². The Labute approximate surface area is 127 Å². The van der Waals surface area contributed by atoms with Crippen molar-refractivity contribution in [1.29, 1.82) is 0 Å². The molecule has 0 spiro atoms. The van der Waals surface area contributed by atoms with Crippen LogP contribution in [0.1, 0.15) is 12.8 Å². The maximum absolute atomic E-state index is 12.6. The van der Waals surface area contributed by atoms with Crippen LogP contribution >= 0.6 is 22.9 Å². The van der Waals surface area contributed by atoms with Gasteiger partial charge in [0.1, 0.15) is 4.21 Å².